The molecular weight excluding hydrogens is 426 g/mol. The lowest BCUT2D eigenvalue weighted by Crippen LogP contribution is -2.27. The summed E-state index contributed by atoms with van der Waals surface area (Å²) in [6.45, 7) is -0.0208. The topological polar surface area (TPSA) is 139 Å². The molecule has 11 nitrogen and oxygen atoms in total. The van der Waals surface area contributed by atoms with Crippen molar-refractivity contribution >= 4 is 33.8 Å². The van der Waals surface area contributed by atoms with E-state index >= 15 is 0 Å². The number of carbonyl (C=O) groups excluding carboxylic acids is 1. The number of aromatic nitrogens is 5. The first-order valence-corrected chi connectivity index (χ1v) is 10.5. The zero-order chi connectivity index (χ0) is 23.5. The summed E-state index contributed by atoms with van der Waals surface area (Å²) in [5, 5.41) is 26.4. The lowest BCUT2D eigenvalue weighted by molar-refractivity contribution is -0.124. The molecule has 0 aliphatic heterocycles. The van der Waals surface area contributed by atoms with E-state index < -0.39 is 6.10 Å². The monoisotopic (exact) mass is 453 g/mol. The van der Waals surface area contributed by atoms with Crippen LogP contribution in [0.25, 0.3) is 33.5 Å². The fraction of sp³-hybridized carbons (Fsp3) is 0.364. The molecule has 4 N–H and O–H groups in total. The Kier molecular flexibility index (Phi) is 6.54. The Labute approximate surface area is 190 Å². The molecule has 0 unspecified atom stereocenters. The summed E-state index contributed by atoms with van der Waals surface area (Å²) in [6, 6.07) is 7.50. The number of aliphatic hydroxyl groups excluding tert-OH is 2. The zero-order valence-corrected chi connectivity index (χ0v) is 18.7. The van der Waals surface area contributed by atoms with Crippen molar-refractivity contribution in [3.63, 3.8) is 0 Å². The molecule has 174 valence electrons. The number of aliphatic hydroxyl groups is 2. The molecule has 33 heavy (non-hydrogen) atoms. The number of amides is 1. The van der Waals surface area contributed by atoms with Crippen LogP contribution in [0.15, 0.2) is 30.6 Å². The van der Waals surface area contributed by atoms with Gasteiger partial charge in [-0.1, -0.05) is 6.07 Å². The summed E-state index contributed by atoms with van der Waals surface area (Å²) >= 11 is 0. The van der Waals surface area contributed by atoms with Gasteiger partial charge in [0, 0.05) is 26.6 Å². The number of pyridine rings is 2. The van der Waals surface area contributed by atoms with E-state index in [2.05, 4.69) is 15.6 Å². The number of imidazole rings is 1. The summed E-state index contributed by atoms with van der Waals surface area (Å²) in [4.78, 5) is 25.7. The van der Waals surface area contributed by atoms with Gasteiger partial charge in [-0.15, -0.1) is 0 Å². The van der Waals surface area contributed by atoms with E-state index in [1.54, 1.807) is 13.4 Å². The smallest absolute Gasteiger partial charge is 0.246 e. The molecule has 4 aromatic rings. The van der Waals surface area contributed by atoms with Gasteiger partial charge in [0.15, 0.2) is 5.82 Å². The Hall–Kier alpha value is -3.54. The van der Waals surface area contributed by atoms with Crippen LogP contribution in [0.3, 0.4) is 0 Å². The van der Waals surface area contributed by atoms with E-state index in [0.29, 0.717) is 22.9 Å². The standard InChI is InChI=1S/C22H27N7O4/c1-23-21-19-20(28(2)12-25-19)15-7-17(29(22(15)27-21)9-14(31)10-30)16-6-4-5-13(26-16)8-24-18(32)11-33-3/h4-7,12,14,30-31H,8-11H2,1-3H3,(H,23,27)(H,24,32)/t14-/m1/s1. The Morgan fingerprint density at radius 3 is 2.85 bits per heavy atom. The molecule has 4 rings (SSSR count). The number of ether oxygens (including phenoxy) is 1. The highest BCUT2D eigenvalue weighted by atomic mass is 16.5. The first-order valence-electron chi connectivity index (χ1n) is 10.5. The largest absolute Gasteiger partial charge is 0.394 e. The van der Waals surface area contributed by atoms with Crippen LogP contribution in [-0.4, -0.2) is 73.7 Å². The number of rotatable bonds is 9. The number of nitrogens with one attached hydrogen (secondary N) is 2. The minimum absolute atomic E-state index is 0.0207. The maximum atomic E-state index is 11.7. The van der Waals surface area contributed by atoms with Crippen molar-refractivity contribution in [1.29, 1.82) is 0 Å². The average molecular weight is 454 g/mol. The van der Waals surface area contributed by atoms with Gasteiger partial charge >= 0.3 is 0 Å². The number of carbonyl (C=O) groups is 1. The first kappa shape index (κ1) is 22.6. The van der Waals surface area contributed by atoms with Gasteiger partial charge in [-0.2, -0.15) is 0 Å². The third-order valence-electron chi connectivity index (χ3n) is 5.35. The number of fused-ring (bicyclic) bond motifs is 3. The third kappa shape index (κ3) is 4.38. The van der Waals surface area contributed by atoms with Crippen molar-refractivity contribution < 1.29 is 19.7 Å². The first-order chi connectivity index (χ1) is 16.0. The molecular formula is C22H27N7O4. The van der Waals surface area contributed by atoms with E-state index in [4.69, 9.17) is 14.7 Å². The summed E-state index contributed by atoms with van der Waals surface area (Å²) < 4.78 is 8.61. The number of hydrogen-bond donors (Lipinski definition) is 4. The van der Waals surface area contributed by atoms with Crippen LogP contribution in [0.2, 0.25) is 0 Å². The normalized spacial score (nSPS) is 12.4. The van der Waals surface area contributed by atoms with Gasteiger partial charge in [-0.05, 0) is 18.2 Å². The van der Waals surface area contributed by atoms with Gasteiger partial charge in [0.05, 0.1) is 54.7 Å². The molecule has 0 aliphatic carbocycles. The van der Waals surface area contributed by atoms with Gasteiger partial charge in [-0.25, -0.2) is 15.0 Å². The highest BCUT2D eigenvalue weighted by molar-refractivity contribution is 6.07. The minimum Gasteiger partial charge on any atom is -0.394 e. The molecule has 11 heteroatoms. The Morgan fingerprint density at radius 2 is 2.12 bits per heavy atom. The summed E-state index contributed by atoms with van der Waals surface area (Å²) in [5.74, 6) is 0.386. The predicted molar refractivity (Wildman–Crippen MR) is 124 cm³/mol. The van der Waals surface area contributed by atoms with Gasteiger partial charge in [0.2, 0.25) is 5.91 Å². The van der Waals surface area contributed by atoms with Crippen molar-refractivity contribution in [1.82, 2.24) is 29.4 Å². The minimum atomic E-state index is -0.974. The van der Waals surface area contributed by atoms with E-state index in [9.17, 15) is 15.0 Å². The fourth-order valence-corrected chi connectivity index (χ4v) is 3.85. The Balaban J connectivity index is 1.85. The predicted octanol–water partition coefficient (Wildman–Crippen LogP) is 0.642. The number of hydrogen-bond acceptors (Lipinski definition) is 8. The van der Waals surface area contributed by atoms with Crippen molar-refractivity contribution in [2.24, 2.45) is 7.05 Å². The summed E-state index contributed by atoms with van der Waals surface area (Å²) in [6.07, 6.45) is 0.756. The summed E-state index contributed by atoms with van der Waals surface area (Å²) in [5.41, 5.74) is 4.32. The Morgan fingerprint density at radius 1 is 1.30 bits per heavy atom. The second-order valence-corrected chi connectivity index (χ2v) is 7.70. The van der Waals surface area contributed by atoms with Gasteiger partial charge < -0.3 is 34.7 Å². The van der Waals surface area contributed by atoms with E-state index in [0.717, 1.165) is 22.1 Å². The van der Waals surface area contributed by atoms with Crippen molar-refractivity contribution in [2.45, 2.75) is 19.2 Å². The highest BCUT2D eigenvalue weighted by Crippen LogP contribution is 2.34. The van der Waals surface area contributed by atoms with E-state index in [-0.39, 0.29) is 32.2 Å². The van der Waals surface area contributed by atoms with Crippen molar-refractivity contribution in [3.8, 4) is 11.4 Å². The van der Waals surface area contributed by atoms with Crippen molar-refractivity contribution in [2.75, 3.05) is 32.7 Å². The number of methoxy groups -OCH3 is 1. The maximum absolute atomic E-state index is 11.7. The molecule has 0 spiro atoms. The van der Waals surface area contributed by atoms with Crippen LogP contribution in [0, 0.1) is 0 Å². The molecule has 4 aromatic heterocycles. The van der Waals surface area contributed by atoms with Crippen LogP contribution in [0.5, 0.6) is 0 Å². The molecule has 0 saturated carbocycles. The molecule has 0 radical (unpaired) electrons. The van der Waals surface area contributed by atoms with E-state index in [1.807, 2.05) is 40.4 Å². The van der Waals surface area contributed by atoms with Gasteiger partial charge in [0.1, 0.15) is 17.8 Å². The van der Waals surface area contributed by atoms with Crippen LogP contribution in [0.4, 0.5) is 5.82 Å². The van der Waals surface area contributed by atoms with Crippen molar-refractivity contribution in [3.05, 3.63) is 36.3 Å². The molecule has 0 bridgehead atoms. The lowest BCUT2D eigenvalue weighted by atomic mass is 10.2. The van der Waals surface area contributed by atoms with Gasteiger partial charge in [0.25, 0.3) is 0 Å². The Bertz CT molecular complexity index is 1300. The number of nitrogens with zero attached hydrogens (tertiary/aromatic N) is 5. The average Bonchev–Trinajstić information content (AvgIpc) is 3.38. The molecule has 0 fully saturated rings. The van der Waals surface area contributed by atoms with Crippen LogP contribution < -0.4 is 10.6 Å². The second-order valence-electron chi connectivity index (χ2n) is 7.70. The van der Waals surface area contributed by atoms with Crippen LogP contribution in [-0.2, 0) is 29.7 Å². The SMILES string of the molecule is CNc1nc2c(cc(-c3cccc(CNC(=O)COC)n3)n2C[C@@H](O)CO)c2c1ncn2C. The maximum Gasteiger partial charge on any atom is 0.246 e. The second kappa shape index (κ2) is 9.53. The van der Waals surface area contributed by atoms with E-state index in [1.165, 1.54) is 7.11 Å². The quantitative estimate of drug-likeness (QED) is 0.290. The lowest BCUT2D eigenvalue weighted by Gasteiger charge is -2.14. The van der Waals surface area contributed by atoms with Crippen LogP contribution >= 0.6 is 0 Å². The third-order valence-corrected chi connectivity index (χ3v) is 5.35. The molecule has 0 aliphatic rings. The zero-order valence-electron chi connectivity index (χ0n) is 18.7. The van der Waals surface area contributed by atoms with Gasteiger partial charge in [-0.3, -0.25) is 4.79 Å². The molecule has 4 heterocycles. The highest BCUT2D eigenvalue weighted by Gasteiger charge is 2.21. The summed E-state index contributed by atoms with van der Waals surface area (Å²) in [7, 11) is 5.15. The van der Waals surface area contributed by atoms with Crippen LogP contribution in [0.1, 0.15) is 5.69 Å². The fourth-order valence-electron chi connectivity index (χ4n) is 3.85. The molecule has 1 amide bonds. The number of anilines is 1. The molecule has 1 atom stereocenters. The molecule has 0 aromatic carbocycles. The number of aryl methyl sites for hydroxylation is 1. The molecule has 0 saturated heterocycles.